The van der Waals surface area contributed by atoms with Gasteiger partial charge in [0.2, 0.25) is 0 Å². The van der Waals surface area contributed by atoms with Crippen LogP contribution in [-0.2, 0) is 0 Å². The lowest BCUT2D eigenvalue weighted by molar-refractivity contribution is 0.0923. The highest BCUT2D eigenvalue weighted by Crippen LogP contribution is 2.27. The minimum atomic E-state index is -0.160. The molecule has 1 amide bonds. The number of aromatic nitrogens is 1. The molecule has 4 heterocycles. The molecular weight excluding hydrogens is 290 g/mol. The Kier molecular flexibility index (Phi) is 4.31. The molecule has 3 aliphatic rings. The number of ether oxygens (including phenoxy) is 1. The molecular formula is C15H20ClN3O2. The van der Waals surface area contributed by atoms with Crippen molar-refractivity contribution < 1.29 is 9.53 Å². The number of amides is 1. The van der Waals surface area contributed by atoms with Crippen molar-refractivity contribution in [1.29, 1.82) is 0 Å². The quantitative estimate of drug-likeness (QED) is 0.927. The SMILES string of the molecule is COc1cnc(C(=O)NC2CC3CCN(CC3)C2)cc1Cl. The maximum absolute atomic E-state index is 12.3. The Bertz CT molecular complexity index is 516. The predicted octanol–water partition coefficient (Wildman–Crippen LogP) is 1.96. The van der Waals surface area contributed by atoms with Gasteiger partial charge in [-0.25, -0.2) is 4.98 Å². The first-order chi connectivity index (χ1) is 10.2. The third-order valence-electron chi connectivity index (χ3n) is 4.41. The van der Waals surface area contributed by atoms with E-state index in [0.717, 1.165) is 32.0 Å². The van der Waals surface area contributed by atoms with E-state index in [1.165, 1.54) is 26.1 Å². The number of pyridine rings is 1. The molecule has 5 nitrogen and oxygen atoms in total. The van der Waals surface area contributed by atoms with Crippen LogP contribution in [0.1, 0.15) is 29.8 Å². The summed E-state index contributed by atoms with van der Waals surface area (Å²) in [6, 6.07) is 1.76. The van der Waals surface area contributed by atoms with Crippen LogP contribution in [0.4, 0.5) is 0 Å². The summed E-state index contributed by atoms with van der Waals surface area (Å²) in [4.78, 5) is 18.9. The third-order valence-corrected chi connectivity index (χ3v) is 4.71. The molecule has 3 saturated heterocycles. The maximum atomic E-state index is 12.3. The van der Waals surface area contributed by atoms with E-state index in [4.69, 9.17) is 16.3 Å². The van der Waals surface area contributed by atoms with E-state index in [1.54, 1.807) is 6.07 Å². The number of methoxy groups -OCH3 is 1. The first kappa shape index (κ1) is 14.6. The van der Waals surface area contributed by atoms with E-state index >= 15 is 0 Å². The van der Waals surface area contributed by atoms with Gasteiger partial charge in [-0.15, -0.1) is 0 Å². The summed E-state index contributed by atoms with van der Waals surface area (Å²) in [5.41, 5.74) is 0.340. The number of carbonyl (C=O) groups excluding carboxylic acids is 1. The molecule has 0 aliphatic carbocycles. The summed E-state index contributed by atoms with van der Waals surface area (Å²) in [5.74, 6) is 1.06. The molecule has 1 aromatic rings. The Labute approximate surface area is 129 Å². The molecule has 3 fully saturated rings. The fraction of sp³-hybridized carbons (Fsp3) is 0.600. The molecule has 3 aliphatic heterocycles. The zero-order valence-corrected chi connectivity index (χ0v) is 12.9. The van der Waals surface area contributed by atoms with E-state index < -0.39 is 0 Å². The third kappa shape index (κ3) is 3.30. The second kappa shape index (κ2) is 6.20. The summed E-state index contributed by atoms with van der Waals surface area (Å²) < 4.78 is 5.05. The van der Waals surface area contributed by atoms with Crippen LogP contribution in [0.3, 0.4) is 0 Å². The highest BCUT2D eigenvalue weighted by atomic mass is 35.5. The molecule has 114 valence electrons. The first-order valence-electron chi connectivity index (χ1n) is 7.38. The fourth-order valence-corrected chi connectivity index (χ4v) is 3.48. The number of rotatable bonds is 3. The van der Waals surface area contributed by atoms with Crippen molar-refractivity contribution in [3.8, 4) is 5.75 Å². The average Bonchev–Trinajstić information content (AvgIpc) is 2.79. The molecule has 0 saturated carbocycles. The largest absolute Gasteiger partial charge is 0.494 e. The van der Waals surface area contributed by atoms with Crippen LogP contribution in [-0.4, -0.2) is 48.6 Å². The second-order valence-corrected chi connectivity index (χ2v) is 6.26. The Hall–Kier alpha value is -1.33. The summed E-state index contributed by atoms with van der Waals surface area (Å²) >= 11 is 6.05. The van der Waals surface area contributed by atoms with Gasteiger partial charge in [-0.05, 0) is 44.3 Å². The van der Waals surface area contributed by atoms with Crippen LogP contribution in [0.2, 0.25) is 5.02 Å². The van der Waals surface area contributed by atoms with E-state index in [2.05, 4.69) is 15.2 Å². The lowest BCUT2D eigenvalue weighted by Gasteiger charge is -2.26. The lowest BCUT2D eigenvalue weighted by Crippen LogP contribution is -2.42. The van der Waals surface area contributed by atoms with Gasteiger partial charge in [0.05, 0.1) is 18.3 Å². The monoisotopic (exact) mass is 309 g/mol. The van der Waals surface area contributed by atoms with Crippen LogP contribution in [0.15, 0.2) is 12.3 Å². The van der Waals surface area contributed by atoms with Gasteiger partial charge in [-0.1, -0.05) is 11.6 Å². The van der Waals surface area contributed by atoms with E-state index in [9.17, 15) is 4.79 Å². The zero-order valence-electron chi connectivity index (χ0n) is 12.1. The first-order valence-corrected chi connectivity index (χ1v) is 7.76. The van der Waals surface area contributed by atoms with Crippen molar-refractivity contribution in [2.24, 2.45) is 5.92 Å². The van der Waals surface area contributed by atoms with Crippen LogP contribution < -0.4 is 10.1 Å². The van der Waals surface area contributed by atoms with Gasteiger partial charge in [-0.2, -0.15) is 0 Å². The number of nitrogens with one attached hydrogen (secondary N) is 1. The molecule has 2 bridgehead atoms. The molecule has 0 spiro atoms. The minimum absolute atomic E-state index is 0.160. The van der Waals surface area contributed by atoms with E-state index in [1.807, 2.05) is 0 Å². The van der Waals surface area contributed by atoms with Crippen molar-refractivity contribution in [3.63, 3.8) is 0 Å². The average molecular weight is 310 g/mol. The Morgan fingerprint density at radius 1 is 1.48 bits per heavy atom. The number of carbonyl (C=O) groups is 1. The summed E-state index contributed by atoms with van der Waals surface area (Å²) in [5, 5.41) is 3.50. The number of piperidine rings is 1. The van der Waals surface area contributed by atoms with Crippen molar-refractivity contribution in [2.45, 2.75) is 25.3 Å². The van der Waals surface area contributed by atoms with Crippen LogP contribution >= 0.6 is 11.6 Å². The minimum Gasteiger partial charge on any atom is -0.494 e. The normalized spacial score (nSPS) is 28.0. The molecule has 1 atom stereocenters. The summed E-state index contributed by atoms with van der Waals surface area (Å²) in [6.45, 7) is 3.25. The number of nitrogens with zero attached hydrogens (tertiary/aromatic N) is 2. The van der Waals surface area contributed by atoms with Gasteiger partial charge in [-0.3, -0.25) is 4.79 Å². The highest BCUT2D eigenvalue weighted by Gasteiger charge is 2.30. The Morgan fingerprint density at radius 3 is 2.90 bits per heavy atom. The van der Waals surface area contributed by atoms with Gasteiger partial charge in [0.15, 0.2) is 5.75 Å². The molecule has 1 unspecified atom stereocenters. The molecule has 21 heavy (non-hydrogen) atoms. The van der Waals surface area contributed by atoms with Gasteiger partial charge >= 0.3 is 0 Å². The number of hydrogen-bond acceptors (Lipinski definition) is 4. The van der Waals surface area contributed by atoms with E-state index in [0.29, 0.717) is 16.5 Å². The molecule has 1 N–H and O–H groups in total. The summed E-state index contributed by atoms with van der Waals surface area (Å²) in [6.07, 6.45) is 5.04. The number of fused-ring (bicyclic) bond motifs is 4. The van der Waals surface area contributed by atoms with Crippen LogP contribution in [0.5, 0.6) is 5.75 Å². The highest BCUT2D eigenvalue weighted by molar-refractivity contribution is 6.32. The topological polar surface area (TPSA) is 54.5 Å². The van der Waals surface area contributed by atoms with Gasteiger partial charge in [0, 0.05) is 12.6 Å². The fourth-order valence-electron chi connectivity index (χ4n) is 3.25. The van der Waals surface area contributed by atoms with Crippen LogP contribution in [0.25, 0.3) is 0 Å². The number of halogens is 1. The smallest absolute Gasteiger partial charge is 0.270 e. The maximum Gasteiger partial charge on any atom is 0.270 e. The molecule has 4 rings (SSSR count). The molecule has 0 aromatic carbocycles. The standard InChI is InChI=1S/C15H20ClN3O2/c1-21-14-8-17-13(7-12(14)16)15(20)18-11-6-10-2-4-19(9-11)5-3-10/h7-8,10-11H,2-6,9H2,1H3,(H,18,20). The van der Waals surface area contributed by atoms with Crippen molar-refractivity contribution in [2.75, 3.05) is 26.7 Å². The molecule has 1 aromatic heterocycles. The second-order valence-electron chi connectivity index (χ2n) is 5.85. The predicted molar refractivity (Wildman–Crippen MR) is 80.8 cm³/mol. The van der Waals surface area contributed by atoms with Gasteiger partial charge in [0.25, 0.3) is 5.91 Å². The molecule has 6 heteroatoms. The van der Waals surface area contributed by atoms with Crippen molar-refractivity contribution in [1.82, 2.24) is 15.2 Å². The van der Waals surface area contributed by atoms with Crippen molar-refractivity contribution >= 4 is 17.5 Å². The molecule has 0 radical (unpaired) electrons. The summed E-state index contributed by atoms with van der Waals surface area (Å²) in [7, 11) is 1.53. The van der Waals surface area contributed by atoms with Gasteiger partial charge < -0.3 is 15.0 Å². The van der Waals surface area contributed by atoms with E-state index in [-0.39, 0.29) is 11.9 Å². The Balaban J connectivity index is 1.67. The van der Waals surface area contributed by atoms with Crippen molar-refractivity contribution in [3.05, 3.63) is 23.0 Å². The zero-order chi connectivity index (χ0) is 14.8. The Morgan fingerprint density at radius 2 is 2.24 bits per heavy atom. The van der Waals surface area contributed by atoms with Crippen LogP contribution in [0, 0.1) is 5.92 Å². The van der Waals surface area contributed by atoms with Gasteiger partial charge in [0.1, 0.15) is 5.69 Å². The number of hydrogen-bond donors (Lipinski definition) is 1. The lowest BCUT2D eigenvalue weighted by atomic mass is 9.94.